The van der Waals surface area contributed by atoms with Crippen molar-refractivity contribution in [3.05, 3.63) is 0 Å². The van der Waals surface area contributed by atoms with Crippen LogP contribution in [-0.2, 0) is 4.79 Å². The molecule has 0 atom stereocenters. The minimum Gasteiger partial charge on any atom is -0.480 e. The summed E-state index contributed by atoms with van der Waals surface area (Å²) in [5.41, 5.74) is 4.41. The number of hydrogen-bond acceptors (Lipinski definition) is 2. The second-order valence-electron chi connectivity index (χ2n) is 0.449. The van der Waals surface area contributed by atoms with Gasteiger partial charge in [0.1, 0.15) is 0 Å². The lowest BCUT2D eigenvalue weighted by Crippen LogP contribution is -2.10. The molecule has 3 N–H and O–H groups in total. The van der Waals surface area contributed by atoms with Gasteiger partial charge in [0.15, 0.2) is 0 Å². The van der Waals surface area contributed by atoms with E-state index in [-0.39, 0.29) is 0 Å². The molecule has 5 heavy (non-hydrogen) atoms. The SMILES string of the molecule is [2H]C([2H])(N)[13C](=O)O. The van der Waals surface area contributed by atoms with Gasteiger partial charge in [-0.2, -0.15) is 0 Å². The first-order valence-electron chi connectivity index (χ1n) is 1.97. The summed E-state index contributed by atoms with van der Waals surface area (Å²) in [4.78, 5) is 9.52. The fraction of sp³-hybridized carbons (Fsp3) is 0.500. The summed E-state index contributed by atoms with van der Waals surface area (Å²) < 4.78 is 12.5. The van der Waals surface area contributed by atoms with E-state index in [0.717, 1.165) is 0 Å². The monoisotopic (exact) mass is 78.0 g/mol. The van der Waals surface area contributed by atoms with Crippen LogP contribution in [0, 0.1) is 0 Å². The van der Waals surface area contributed by atoms with Gasteiger partial charge in [-0.3, -0.25) is 4.79 Å². The van der Waals surface area contributed by atoms with Gasteiger partial charge < -0.3 is 10.8 Å². The predicted molar refractivity (Wildman–Crippen MR) is 16.7 cm³/mol. The normalized spacial score (nSPS) is 16.2. The van der Waals surface area contributed by atoms with Crippen molar-refractivity contribution in [3.63, 3.8) is 0 Å². The Bertz CT molecular complexity index is 86.2. The summed E-state index contributed by atoms with van der Waals surface area (Å²) >= 11 is 0. The smallest absolute Gasteiger partial charge is 0.317 e. The molecule has 0 aliphatic carbocycles. The van der Waals surface area contributed by atoms with Crippen molar-refractivity contribution in [2.45, 2.75) is 0 Å². The van der Waals surface area contributed by atoms with Crippen LogP contribution in [0.3, 0.4) is 0 Å². The van der Waals surface area contributed by atoms with Gasteiger partial charge in [0.05, 0.1) is 9.24 Å². The Labute approximate surface area is 32.2 Å². The largest absolute Gasteiger partial charge is 0.480 e. The van der Waals surface area contributed by atoms with E-state index in [1.165, 1.54) is 0 Å². The molecule has 0 amide bonds. The van der Waals surface area contributed by atoms with Crippen molar-refractivity contribution in [2.75, 3.05) is 6.50 Å². The van der Waals surface area contributed by atoms with Crippen LogP contribution < -0.4 is 5.73 Å². The van der Waals surface area contributed by atoms with Crippen LogP contribution in [0.4, 0.5) is 0 Å². The Balaban J connectivity index is 3.79. The van der Waals surface area contributed by atoms with Crippen molar-refractivity contribution in [2.24, 2.45) is 5.73 Å². The van der Waals surface area contributed by atoms with Crippen LogP contribution in [0.15, 0.2) is 0 Å². The van der Waals surface area contributed by atoms with Crippen LogP contribution in [0.1, 0.15) is 2.74 Å². The molecule has 0 bridgehead atoms. The van der Waals surface area contributed by atoms with E-state index in [4.69, 9.17) is 7.85 Å². The standard InChI is InChI=1S/C2H5NO2/c3-1-2(4)5/h1,3H2,(H,4,5)/i1D2,2+1. The highest BCUT2D eigenvalue weighted by Crippen LogP contribution is 1.43. The van der Waals surface area contributed by atoms with E-state index in [0.29, 0.717) is 0 Å². The van der Waals surface area contributed by atoms with Crippen molar-refractivity contribution < 1.29 is 12.6 Å². The average molecular weight is 78.1 g/mol. The first kappa shape index (κ1) is 1.77. The molecule has 0 aliphatic rings. The van der Waals surface area contributed by atoms with Crippen molar-refractivity contribution >= 4 is 5.97 Å². The minimum atomic E-state index is -2.58. The van der Waals surface area contributed by atoms with Gasteiger partial charge in [-0.1, -0.05) is 0 Å². The van der Waals surface area contributed by atoms with Gasteiger partial charge in [0.25, 0.3) is 0 Å². The quantitative estimate of drug-likeness (QED) is 0.396. The van der Waals surface area contributed by atoms with Gasteiger partial charge in [0, 0.05) is 0 Å². The molecule has 0 aromatic heterocycles. The lowest BCUT2D eigenvalue weighted by Gasteiger charge is -1.73. The van der Waals surface area contributed by atoms with E-state index in [1.54, 1.807) is 0 Å². The Kier molecular flexibility index (Phi) is 0.609. The third-order valence-corrected chi connectivity index (χ3v) is 0.123. The van der Waals surface area contributed by atoms with E-state index < -0.39 is 12.5 Å². The number of rotatable bonds is 1. The van der Waals surface area contributed by atoms with Crippen molar-refractivity contribution in [3.8, 4) is 0 Å². The molecule has 3 heteroatoms. The molecule has 0 aromatic carbocycles. The third-order valence-electron chi connectivity index (χ3n) is 0.123. The minimum absolute atomic E-state index is 1.65. The molecule has 0 aliphatic heterocycles. The summed E-state index contributed by atoms with van der Waals surface area (Å²) in [7, 11) is 0. The summed E-state index contributed by atoms with van der Waals surface area (Å²) in [5.74, 6) is -1.65. The zero-order valence-electron chi connectivity index (χ0n) is 4.43. The highest BCUT2D eigenvalue weighted by atomic mass is 16.5. The second-order valence-corrected chi connectivity index (χ2v) is 0.449. The molecular formula is C2H5NO2. The van der Waals surface area contributed by atoms with Crippen LogP contribution in [-0.4, -0.2) is 17.6 Å². The van der Waals surface area contributed by atoms with Gasteiger partial charge in [0.2, 0.25) is 0 Å². The molecule has 0 saturated heterocycles. The van der Waals surface area contributed by atoms with Crippen molar-refractivity contribution in [1.29, 1.82) is 0 Å². The van der Waals surface area contributed by atoms with Crippen LogP contribution >= 0.6 is 0 Å². The number of nitrogens with two attached hydrogens (primary N) is 1. The number of carbonyl (C=O) groups is 1. The molecule has 0 rings (SSSR count). The first-order valence-corrected chi connectivity index (χ1v) is 0.966. The van der Waals surface area contributed by atoms with Crippen molar-refractivity contribution in [1.82, 2.24) is 0 Å². The van der Waals surface area contributed by atoms with Crippen LogP contribution in [0.25, 0.3) is 0 Å². The Morgan fingerprint density at radius 2 is 2.60 bits per heavy atom. The summed E-state index contributed by atoms with van der Waals surface area (Å²) in [6, 6.07) is 0. The number of aliphatic carboxylic acids is 1. The Morgan fingerprint density at radius 3 is 2.60 bits per heavy atom. The second kappa shape index (κ2) is 1.72. The highest BCUT2D eigenvalue weighted by molar-refractivity contribution is 5.68. The van der Waals surface area contributed by atoms with Crippen LogP contribution in [0.2, 0.25) is 0 Å². The van der Waals surface area contributed by atoms with Crippen LogP contribution in [0.5, 0.6) is 0 Å². The number of hydrogen-bond donors (Lipinski definition) is 2. The maximum absolute atomic E-state index is 9.52. The van der Waals surface area contributed by atoms with Gasteiger partial charge in [-0.05, 0) is 0 Å². The molecule has 0 aromatic rings. The van der Waals surface area contributed by atoms with Gasteiger partial charge >= 0.3 is 5.97 Å². The van der Waals surface area contributed by atoms with E-state index in [1.807, 2.05) is 0 Å². The summed E-state index contributed by atoms with van der Waals surface area (Å²) in [6.45, 7) is -2.58. The molecular weight excluding hydrogens is 71.0 g/mol. The molecule has 0 fully saturated rings. The molecule has 0 radical (unpaired) electrons. The first-order chi connectivity index (χ1) is 2.94. The number of carboxylic acid groups (broad SMARTS) is 1. The highest BCUT2D eigenvalue weighted by Gasteiger charge is 1.81. The molecule has 0 heterocycles. The van der Waals surface area contributed by atoms with Gasteiger partial charge in [-0.25, -0.2) is 0 Å². The average Bonchev–Trinajstić information content (AvgIpc) is 1.31. The Morgan fingerprint density at radius 1 is 2.40 bits per heavy atom. The fourth-order valence-corrected chi connectivity index (χ4v) is 0. The topological polar surface area (TPSA) is 63.3 Å². The molecule has 0 saturated carbocycles. The summed E-state index contributed by atoms with van der Waals surface area (Å²) in [5, 5.41) is 7.75. The molecule has 3 nitrogen and oxygen atoms in total. The lowest BCUT2D eigenvalue weighted by atomic mass is 11.1. The van der Waals surface area contributed by atoms with E-state index >= 15 is 0 Å². The fourth-order valence-electron chi connectivity index (χ4n) is 0. The Hall–Kier alpha value is -0.570. The zero-order valence-corrected chi connectivity index (χ0v) is 2.43. The predicted octanol–water partition coefficient (Wildman–Crippen LogP) is -0.970. The third kappa shape index (κ3) is 3.43. The van der Waals surface area contributed by atoms with E-state index in [9.17, 15) is 4.79 Å². The lowest BCUT2D eigenvalue weighted by molar-refractivity contribution is -0.135. The van der Waals surface area contributed by atoms with E-state index in [2.05, 4.69) is 5.73 Å². The summed E-state index contributed by atoms with van der Waals surface area (Å²) in [6.07, 6.45) is 0. The van der Waals surface area contributed by atoms with Gasteiger partial charge in [-0.15, -0.1) is 0 Å². The maximum atomic E-state index is 9.52. The maximum Gasteiger partial charge on any atom is 0.317 e. The number of carboxylic acids is 1. The molecule has 30 valence electrons. The molecule has 0 spiro atoms. The zero-order chi connectivity index (χ0) is 6.08. The molecule has 0 unspecified atom stereocenters.